The summed E-state index contributed by atoms with van der Waals surface area (Å²) in [5, 5.41) is 12.1. The molecule has 1 aliphatic rings. The molecule has 2 N–H and O–H groups in total. The topological polar surface area (TPSA) is 52.6 Å². The third-order valence-corrected chi connectivity index (χ3v) is 4.37. The van der Waals surface area contributed by atoms with Crippen molar-refractivity contribution in [3.63, 3.8) is 0 Å². The number of aliphatic carboxylic acids is 1. The summed E-state index contributed by atoms with van der Waals surface area (Å²) in [6.45, 7) is 6.23. The summed E-state index contributed by atoms with van der Waals surface area (Å²) in [4.78, 5) is 13.7. The Balaban J connectivity index is 2.38. The van der Waals surface area contributed by atoms with Crippen LogP contribution in [0.15, 0.2) is 0 Å². The number of hydrogen-bond acceptors (Lipinski definition) is 3. The van der Waals surface area contributed by atoms with Crippen LogP contribution in [0.3, 0.4) is 0 Å². The van der Waals surface area contributed by atoms with Crippen molar-refractivity contribution in [3.8, 4) is 0 Å². The highest BCUT2D eigenvalue weighted by Gasteiger charge is 2.31. The maximum Gasteiger partial charge on any atom is 0.323 e. The van der Waals surface area contributed by atoms with Gasteiger partial charge in [0.2, 0.25) is 0 Å². The Morgan fingerprint density at radius 3 is 2.78 bits per heavy atom. The maximum atomic E-state index is 11.2. The summed E-state index contributed by atoms with van der Waals surface area (Å²) >= 11 is 0. The van der Waals surface area contributed by atoms with Crippen molar-refractivity contribution >= 4 is 5.97 Å². The van der Waals surface area contributed by atoms with Gasteiger partial charge in [-0.1, -0.05) is 13.3 Å². The minimum Gasteiger partial charge on any atom is -0.480 e. The van der Waals surface area contributed by atoms with Gasteiger partial charge in [-0.3, -0.25) is 4.79 Å². The molecule has 0 saturated carbocycles. The summed E-state index contributed by atoms with van der Waals surface area (Å²) in [6, 6.07) is 0.712. The van der Waals surface area contributed by atoms with Crippen LogP contribution >= 0.6 is 0 Å². The maximum absolute atomic E-state index is 11.2. The molecule has 1 heterocycles. The van der Waals surface area contributed by atoms with Crippen LogP contribution in [0.5, 0.6) is 0 Å². The predicted molar refractivity (Wildman–Crippen MR) is 73.8 cm³/mol. The number of hydrogen-bond donors (Lipinski definition) is 2. The van der Waals surface area contributed by atoms with Gasteiger partial charge in [-0.05, 0) is 59.2 Å². The van der Waals surface area contributed by atoms with Crippen molar-refractivity contribution in [3.05, 3.63) is 0 Å². The van der Waals surface area contributed by atoms with Crippen molar-refractivity contribution in [1.82, 2.24) is 10.2 Å². The number of carbonyl (C=O) groups is 1. The molecule has 106 valence electrons. The lowest BCUT2D eigenvalue weighted by Gasteiger charge is -2.36. The molecule has 2 atom stereocenters. The van der Waals surface area contributed by atoms with Crippen molar-refractivity contribution in [1.29, 1.82) is 0 Å². The lowest BCUT2D eigenvalue weighted by molar-refractivity contribution is -0.144. The van der Waals surface area contributed by atoms with Crippen molar-refractivity contribution in [2.45, 2.75) is 64.0 Å². The first kappa shape index (κ1) is 15.4. The number of nitrogens with one attached hydrogen (secondary N) is 1. The number of piperidine rings is 1. The summed E-state index contributed by atoms with van der Waals surface area (Å²) in [5.74, 6) is -0.754. The second-order valence-electron chi connectivity index (χ2n) is 5.58. The average molecular weight is 256 g/mol. The van der Waals surface area contributed by atoms with E-state index in [0.29, 0.717) is 12.5 Å². The number of likely N-dealkylation sites (N-methyl/N-ethyl adjacent to an activating group) is 1. The Bertz CT molecular complexity index is 271. The van der Waals surface area contributed by atoms with Gasteiger partial charge in [-0.25, -0.2) is 0 Å². The predicted octanol–water partition coefficient (Wildman–Crippen LogP) is 2.09. The van der Waals surface area contributed by atoms with Gasteiger partial charge in [0.15, 0.2) is 0 Å². The van der Waals surface area contributed by atoms with Gasteiger partial charge in [-0.15, -0.1) is 0 Å². The zero-order valence-corrected chi connectivity index (χ0v) is 12.0. The van der Waals surface area contributed by atoms with E-state index in [4.69, 9.17) is 0 Å². The fourth-order valence-corrected chi connectivity index (χ4v) is 2.79. The molecule has 0 aromatic carbocycles. The zero-order chi connectivity index (χ0) is 13.6. The number of carboxylic acid groups (broad SMARTS) is 1. The molecular formula is C14H28N2O2. The summed E-state index contributed by atoms with van der Waals surface area (Å²) in [7, 11) is 1.73. The van der Waals surface area contributed by atoms with E-state index in [-0.39, 0.29) is 0 Å². The number of rotatable bonds is 7. The molecule has 0 bridgehead atoms. The van der Waals surface area contributed by atoms with Gasteiger partial charge >= 0.3 is 5.97 Å². The fraction of sp³-hybridized carbons (Fsp3) is 0.929. The molecule has 1 fully saturated rings. The van der Waals surface area contributed by atoms with E-state index in [1.54, 1.807) is 14.0 Å². The van der Waals surface area contributed by atoms with Gasteiger partial charge in [-0.2, -0.15) is 0 Å². The van der Waals surface area contributed by atoms with Gasteiger partial charge in [0.25, 0.3) is 0 Å². The molecule has 0 aromatic rings. The zero-order valence-electron chi connectivity index (χ0n) is 12.0. The smallest absolute Gasteiger partial charge is 0.323 e. The minimum absolute atomic E-state index is 0.686. The molecule has 0 spiro atoms. The van der Waals surface area contributed by atoms with Gasteiger partial charge in [0, 0.05) is 6.04 Å². The third-order valence-electron chi connectivity index (χ3n) is 4.37. The standard InChI is InChI=1S/C14H28N2O2/c1-4-12-8-5-6-10-16(12)11-7-9-14(2,15-3)13(17)18/h12,15H,4-11H2,1-3H3,(H,17,18). The fourth-order valence-electron chi connectivity index (χ4n) is 2.79. The number of nitrogens with zero attached hydrogens (tertiary/aromatic N) is 1. The van der Waals surface area contributed by atoms with Crippen LogP contribution in [0.1, 0.15) is 52.4 Å². The molecule has 4 nitrogen and oxygen atoms in total. The van der Waals surface area contributed by atoms with Crippen molar-refractivity contribution in [2.75, 3.05) is 20.1 Å². The van der Waals surface area contributed by atoms with E-state index in [1.807, 2.05) is 0 Å². The molecule has 0 aliphatic carbocycles. The number of likely N-dealkylation sites (tertiary alicyclic amines) is 1. The Hall–Kier alpha value is -0.610. The highest BCUT2D eigenvalue weighted by molar-refractivity contribution is 5.78. The lowest BCUT2D eigenvalue weighted by atomic mass is 9.94. The highest BCUT2D eigenvalue weighted by Crippen LogP contribution is 2.21. The van der Waals surface area contributed by atoms with Crippen LogP contribution in [0.25, 0.3) is 0 Å². The highest BCUT2D eigenvalue weighted by atomic mass is 16.4. The van der Waals surface area contributed by atoms with Gasteiger partial charge in [0.1, 0.15) is 5.54 Å². The van der Waals surface area contributed by atoms with E-state index in [1.165, 1.54) is 32.2 Å². The molecule has 1 aliphatic heterocycles. The molecule has 1 rings (SSSR count). The van der Waals surface area contributed by atoms with E-state index in [2.05, 4.69) is 17.1 Å². The van der Waals surface area contributed by atoms with E-state index in [0.717, 1.165) is 13.0 Å². The first-order valence-corrected chi connectivity index (χ1v) is 7.20. The van der Waals surface area contributed by atoms with Crippen LogP contribution < -0.4 is 5.32 Å². The van der Waals surface area contributed by atoms with E-state index < -0.39 is 11.5 Å². The summed E-state index contributed by atoms with van der Waals surface area (Å²) < 4.78 is 0. The molecule has 1 saturated heterocycles. The molecule has 0 aromatic heterocycles. The molecular weight excluding hydrogens is 228 g/mol. The molecule has 4 heteroatoms. The lowest BCUT2D eigenvalue weighted by Crippen LogP contribution is -2.48. The third kappa shape index (κ3) is 3.95. The first-order valence-electron chi connectivity index (χ1n) is 7.20. The number of carboxylic acids is 1. The second kappa shape index (κ2) is 7.10. The minimum atomic E-state index is -0.780. The van der Waals surface area contributed by atoms with E-state index >= 15 is 0 Å². The molecule has 0 amide bonds. The van der Waals surface area contributed by atoms with Crippen LogP contribution in [0.2, 0.25) is 0 Å². The Labute approximate surface area is 111 Å². The largest absolute Gasteiger partial charge is 0.480 e. The Kier molecular flexibility index (Phi) is 6.09. The average Bonchev–Trinajstić information content (AvgIpc) is 2.38. The molecule has 2 unspecified atom stereocenters. The van der Waals surface area contributed by atoms with Crippen LogP contribution in [0, 0.1) is 0 Å². The van der Waals surface area contributed by atoms with E-state index in [9.17, 15) is 9.90 Å². The van der Waals surface area contributed by atoms with Crippen LogP contribution in [-0.2, 0) is 4.79 Å². The van der Waals surface area contributed by atoms with Crippen molar-refractivity contribution in [2.24, 2.45) is 0 Å². The molecule has 0 radical (unpaired) electrons. The normalized spacial score (nSPS) is 24.7. The molecule has 18 heavy (non-hydrogen) atoms. The van der Waals surface area contributed by atoms with Gasteiger partial charge in [0.05, 0.1) is 0 Å². The van der Waals surface area contributed by atoms with Gasteiger partial charge < -0.3 is 15.3 Å². The second-order valence-corrected chi connectivity index (χ2v) is 5.58. The Morgan fingerprint density at radius 2 is 2.22 bits per heavy atom. The SMILES string of the molecule is CCC1CCCCN1CCCC(C)(NC)C(=O)O. The monoisotopic (exact) mass is 256 g/mol. The Morgan fingerprint density at radius 1 is 1.50 bits per heavy atom. The summed E-state index contributed by atoms with van der Waals surface area (Å²) in [6.07, 6.45) is 6.78. The quantitative estimate of drug-likeness (QED) is 0.732. The summed E-state index contributed by atoms with van der Waals surface area (Å²) in [5.41, 5.74) is -0.780. The van der Waals surface area contributed by atoms with Crippen LogP contribution in [-0.4, -0.2) is 47.7 Å². The van der Waals surface area contributed by atoms with Crippen LogP contribution in [0.4, 0.5) is 0 Å². The first-order chi connectivity index (χ1) is 8.53. The van der Waals surface area contributed by atoms with Crippen molar-refractivity contribution < 1.29 is 9.90 Å².